The van der Waals surface area contributed by atoms with Crippen LogP contribution in [0.25, 0.3) is 0 Å². The highest BCUT2D eigenvalue weighted by atomic mass is 32.1. The van der Waals surface area contributed by atoms with Crippen LogP contribution in [0, 0.1) is 0 Å². The summed E-state index contributed by atoms with van der Waals surface area (Å²) in [5.41, 5.74) is 3.53. The van der Waals surface area contributed by atoms with Crippen LogP contribution in [-0.4, -0.2) is 42.8 Å². The molecular formula is C14H19N3O3S. The molecule has 0 aromatic heterocycles. The van der Waals surface area contributed by atoms with E-state index in [9.17, 15) is 5.11 Å². The SMILES string of the molecule is COc1cc(C=NNC(=S)NCC2CCCO2)ccc1O. The van der Waals surface area contributed by atoms with Gasteiger partial charge in [0.25, 0.3) is 0 Å². The summed E-state index contributed by atoms with van der Waals surface area (Å²) in [6.07, 6.45) is 4.00. The maximum atomic E-state index is 9.49. The molecule has 114 valence electrons. The number of nitrogens with zero attached hydrogens (tertiary/aromatic N) is 1. The second-order valence-corrected chi connectivity index (χ2v) is 5.05. The lowest BCUT2D eigenvalue weighted by molar-refractivity contribution is 0.114. The Morgan fingerprint density at radius 3 is 3.19 bits per heavy atom. The van der Waals surface area contributed by atoms with Crippen LogP contribution >= 0.6 is 12.2 Å². The van der Waals surface area contributed by atoms with E-state index < -0.39 is 0 Å². The van der Waals surface area contributed by atoms with Gasteiger partial charge in [0.15, 0.2) is 16.6 Å². The number of aromatic hydroxyl groups is 1. The van der Waals surface area contributed by atoms with Gasteiger partial charge in [-0.2, -0.15) is 5.10 Å². The van der Waals surface area contributed by atoms with Gasteiger partial charge in [-0.05, 0) is 48.8 Å². The summed E-state index contributed by atoms with van der Waals surface area (Å²) in [6, 6.07) is 4.96. The van der Waals surface area contributed by atoms with Gasteiger partial charge in [-0.25, -0.2) is 0 Å². The Balaban J connectivity index is 1.77. The number of phenolic OH excluding ortho intramolecular Hbond substituents is 1. The molecule has 3 N–H and O–H groups in total. The van der Waals surface area contributed by atoms with E-state index in [1.165, 1.54) is 7.11 Å². The monoisotopic (exact) mass is 309 g/mol. The van der Waals surface area contributed by atoms with E-state index in [0.717, 1.165) is 25.0 Å². The molecule has 1 aliphatic rings. The Morgan fingerprint density at radius 1 is 1.62 bits per heavy atom. The van der Waals surface area contributed by atoms with Gasteiger partial charge in [0, 0.05) is 13.2 Å². The lowest BCUT2D eigenvalue weighted by atomic mass is 10.2. The van der Waals surface area contributed by atoms with Gasteiger partial charge in [0.1, 0.15) is 0 Å². The lowest BCUT2D eigenvalue weighted by Crippen LogP contribution is -2.37. The number of hydrogen-bond acceptors (Lipinski definition) is 5. The van der Waals surface area contributed by atoms with Crippen LogP contribution in [0.15, 0.2) is 23.3 Å². The molecule has 7 heteroatoms. The molecule has 1 aliphatic heterocycles. The van der Waals surface area contributed by atoms with Gasteiger partial charge in [-0.3, -0.25) is 5.43 Å². The molecule has 1 unspecified atom stereocenters. The van der Waals surface area contributed by atoms with E-state index in [2.05, 4.69) is 15.8 Å². The summed E-state index contributed by atoms with van der Waals surface area (Å²) in [5, 5.41) is 17.0. The maximum Gasteiger partial charge on any atom is 0.187 e. The smallest absolute Gasteiger partial charge is 0.187 e. The molecule has 0 spiro atoms. The van der Waals surface area contributed by atoms with Crippen LogP contribution in [0.5, 0.6) is 11.5 Å². The van der Waals surface area contributed by atoms with Crippen LogP contribution in [0.2, 0.25) is 0 Å². The van der Waals surface area contributed by atoms with E-state index in [1.54, 1.807) is 24.4 Å². The van der Waals surface area contributed by atoms with Crippen LogP contribution in [0.4, 0.5) is 0 Å². The average molecular weight is 309 g/mol. The third-order valence-corrected chi connectivity index (χ3v) is 3.33. The number of hydrogen-bond donors (Lipinski definition) is 3. The van der Waals surface area contributed by atoms with Crippen molar-refractivity contribution in [3.8, 4) is 11.5 Å². The van der Waals surface area contributed by atoms with Crippen molar-refractivity contribution in [1.29, 1.82) is 0 Å². The van der Waals surface area contributed by atoms with E-state index >= 15 is 0 Å². The molecule has 1 fully saturated rings. The molecule has 6 nitrogen and oxygen atoms in total. The normalized spacial score (nSPS) is 17.9. The fraction of sp³-hybridized carbons (Fsp3) is 0.429. The molecule has 0 amide bonds. The highest BCUT2D eigenvalue weighted by molar-refractivity contribution is 7.80. The number of phenols is 1. The van der Waals surface area contributed by atoms with Gasteiger partial charge in [0.05, 0.1) is 19.4 Å². The molecule has 1 aromatic rings. The predicted molar refractivity (Wildman–Crippen MR) is 85.0 cm³/mol. The van der Waals surface area contributed by atoms with Crippen LogP contribution in [-0.2, 0) is 4.74 Å². The number of ether oxygens (including phenoxy) is 2. The van der Waals surface area contributed by atoms with Crippen molar-refractivity contribution in [3.05, 3.63) is 23.8 Å². The van der Waals surface area contributed by atoms with Crippen molar-refractivity contribution in [2.45, 2.75) is 18.9 Å². The number of thiocarbonyl (C=S) groups is 1. The summed E-state index contributed by atoms with van der Waals surface area (Å²) < 4.78 is 10.5. The van der Waals surface area contributed by atoms with Crippen LogP contribution in [0.3, 0.4) is 0 Å². The summed E-state index contributed by atoms with van der Waals surface area (Å²) >= 11 is 5.12. The second-order valence-electron chi connectivity index (χ2n) is 4.65. The Kier molecular flexibility index (Phi) is 5.77. The topological polar surface area (TPSA) is 75.1 Å². The molecule has 0 radical (unpaired) electrons. The van der Waals surface area contributed by atoms with Crippen molar-refractivity contribution >= 4 is 23.5 Å². The minimum Gasteiger partial charge on any atom is -0.504 e. The molecule has 0 saturated carbocycles. The number of benzene rings is 1. The third kappa shape index (κ3) is 4.87. The van der Waals surface area contributed by atoms with Crippen molar-refractivity contribution in [2.75, 3.05) is 20.3 Å². The van der Waals surface area contributed by atoms with Crippen LogP contribution in [0.1, 0.15) is 18.4 Å². The number of nitrogens with one attached hydrogen (secondary N) is 2. The standard InChI is InChI=1S/C14H19N3O3S/c1-19-13-7-10(4-5-12(13)18)8-16-17-14(21)15-9-11-3-2-6-20-11/h4-5,7-8,11,18H,2-3,6,9H2,1H3,(H2,15,17,21). The third-order valence-electron chi connectivity index (χ3n) is 3.10. The molecule has 0 aliphatic carbocycles. The molecule has 1 aromatic carbocycles. The Hall–Kier alpha value is -1.86. The zero-order valence-corrected chi connectivity index (χ0v) is 12.7. The number of methoxy groups -OCH3 is 1. The first kappa shape index (κ1) is 15.5. The van der Waals surface area contributed by atoms with Gasteiger partial charge >= 0.3 is 0 Å². The quantitative estimate of drug-likeness (QED) is 0.433. The fourth-order valence-electron chi connectivity index (χ4n) is 1.99. The minimum atomic E-state index is 0.0939. The lowest BCUT2D eigenvalue weighted by Gasteiger charge is -2.11. The highest BCUT2D eigenvalue weighted by Crippen LogP contribution is 2.25. The van der Waals surface area contributed by atoms with Gasteiger partial charge in [-0.1, -0.05) is 0 Å². The first-order valence-electron chi connectivity index (χ1n) is 6.74. The summed E-state index contributed by atoms with van der Waals surface area (Å²) in [7, 11) is 1.50. The van der Waals surface area contributed by atoms with E-state index in [4.69, 9.17) is 21.7 Å². The zero-order valence-electron chi connectivity index (χ0n) is 11.8. The predicted octanol–water partition coefficient (Wildman–Crippen LogP) is 1.38. The summed E-state index contributed by atoms with van der Waals surface area (Å²) in [6.45, 7) is 1.52. The second kappa shape index (κ2) is 7.80. The van der Waals surface area contributed by atoms with Gasteiger partial charge in [0.2, 0.25) is 0 Å². The van der Waals surface area contributed by atoms with Gasteiger partial charge < -0.3 is 19.9 Å². The number of hydrazone groups is 1. The molecule has 1 heterocycles. The molecule has 1 atom stereocenters. The van der Waals surface area contributed by atoms with Crippen LogP contribution < -0.4 is 15.5 Å². The fourth-order valence-corrected chi connectivity index (χ4v) is 2.13. The van der Waals surface area contributed by atoms with Crippen molar-refractivity contribution in [1.82, 2.24) is 10.7 Å². The maximum absolute atomic E-state index is 9.49. The van der Waals surface area contributed by atoms with Gasteiger partial charge in [-0.15, -0.1) is 0 Å². The summed E-state index contributed by atoms with van der Waals surface area (Å²) in [4.78, 5) is 0. The Labute approximate surface area is 129 Å². The molecule has 21 heavy (non-hydrogen) atoms. The van der Waals surface area contributed by atoms with Crippen molar-refractivity contribution in [3.63, 3.8) is 0 Å². The van der Waals surface area contributed by atoms with Crippen molar-refractivity contribution in [2.24, 2.45) is 5.10 Å². The van der Waals surface area contributed by atoms with E-state index in [1.807, 2.05) is 0 Å². The molecule has 1 saturated heterocycles. The Morgan fingerprint density at radius 2 is 2.48 bits per heavy atom. The first-order valence-corrected chi connectivity index (χ1v) is 7.15. The van der Waals surface area contributed by atoms with E-state index in [-0.39, 0.29) is 11.9 Å². The van der Waals surface area contributed by atoms with Crippen molar-refractivity contribution < 1.29 is 14.6 Å². The largest absolute Gasteiger partial charge is 0.504 e. The summed E-state index contributed by atoms with van der Waals surface area (Å²) in [5.74, 6) is 0.495. The zero-order chi connectivity index (χ0) is 15.1. The van der Waals surface area contributed by atoms with E-state index in [0.29, 0.717) is 17.4 Å². The Bertz CT molecular complexity index is 516. The first-order chi connectivity index (χ1) is 10.2. The molecule has 0 bridgehead atoms. The molecule has 2 rings (SSSR count). The minimum absolute atomic E-state index is 0.0939. The number of rotatable bonds is 5. The average Bonchev–Trinajstić information content (AvgIpc) is 3.00. The highest BCUT2D eigenvalue weighted by Gasteiger charge is 2.14. The molecular weight excluding hydrogens is 290 g/mol.